The fraction of sp³-hybridized carbons (Fsp3) is 0.875. The molecule has 1 fully saturated rings. The van der Waals surface area contributed by atoms with Crippen molar-refractivity contribution in [2.24, 2.45) is 10.4 Å². The van der Waals surface area contributed by atoms with Gasteiger partial charge in [0.05, 0.1) is 0 Å². The van der Waals surface area contributed by atoms with E-state index in [2.05, 4.69) is 32.0 Å². The van der Waals surface area contributed by atoms with E-state index in [1.807, 2.05) is 0 Å². The summed E-state index contributed by atoms with van der Waals surface area (Å²) < 4.78 is 0. The molecule has 0 N–H and O–H groups in total. The van der Waals surface area contributed by atoms with Crippen LogP contribution in [-0.2, 0) is 0 Å². The summed E-state index contributed by atoms with van der Waals surface area (Å²) in [5, 5.41) is 0. The molecule has 1 saturated carbocycles. The quantitative estimate of drug-likeness (QED) is 0.477. The molecule has 1 heteroatoms. The minimum Gasteiger partial charge on any atom is -0.294 e. The minimum absolute atomic E-state index is 0.280. The van der Waals surface area contributed by atoms with Gasteiger partial charge in [0.25, 0.3) is 0 Å². The molecule has 0 amide bonds. The molecule has 1 aliphatic rings. The summed E-state index contributed by atoms with van der Waals surface area (Å²) in [6.45, 7) is 6.54. The maximum atomic E-state index is 4.38. The third-order valence-electron chi connectivity index (χ3n) is 1.22. The number of hydrogen-bond acceptors (Lipinski definition) is 1. The number of aliphatic imine (C=N–C) groups is 1. The van der Waals surface area contributed by atoms with Crippen LogP contribution in [0, 0.1) is 5.41 Å². The van der Waals surface area contributed by atoms with Crippen molar-refractivity contribution in [2.75, 3.05) is 0 Å². The molecule has 0 unspecified atom stereocenters. The SMILES string of the molecule is CC(C)(C)/C=N/C1CC1. The Balaban J connectivity index is 2.29. The molecule has 1 rings (SSSR count). The number of nitrogens with zero attached hydrogens (tertiary/aromatic N) is 1. The van der Waals surface area contributed by atoms with Gasteiger partial charge in [0.2, 0.25) is 0 Å². The molecule has 1 nitrogen and oxygen atoms in total. The second-order valence-corrected chi connectivity index (χ2v) is 3.88. The van der Waals surface area contributed by atoms with Crippen LogP contribution in [0.5, 0.6) is 0 Å². The zero-order valence-corrected chi connectivity index (χ0v) is 6.52. The Kier molecular flexibility index (Phi) is 1.60. The minimum atomic E-state index is 0.280. The second-order valence-electron chi connectivity index (χ2n) is 3.88. The molecule has 0 heterocycles. The van der Waals surface area contributed by atoms with E-state index in [0.717, 1.165) is 0 Å². The Bertz CT molecular complexity index is 115. The largest absolute Gasteiger partial charge is 0.294 e. The van der Waals surface area contributed by atoms with Crippen molar-refractivity contribution < 1.29 is 0 Å². The van der Waals surface area contributed by atoms with Gasteiger partial charge < -0.3 is 0 Å². The second kappa shape index (κ2) is 2.13. The van der Waals surface area contributed by atoms with Crippen molar-refractivity contribution >= 4 is 6.21 Å². The highest BCUT2D eigenvalue weighted by atomic mass is 14.8. The van der Waals surface area contributed by atoms with E-state index in [-0.39, 0.29) is 5.41 Å². The van der Waals surface area contributed by atoms with Crippen LogP contribution in [0.2, 0.25) is 0 Å². The first-order valence-corrected chi connectivity index (χ1v) is 3.62. The van der Waals surface area contributed by atoms with Crippen LogP contribution in [0.15, 0.2) is 4.99 Å². The van der Waals surface area contributed by atoms with Gasteiger partial charge in [-0.05, 0) is 18.3 Å². The van der Waals surface area contributed by atoms with Crippen LogP contribution in [0.1, 0.15) is 33.6 Å². The smallest absolute Gasteiger partial charge is 0.0497 e. The van der Waals surface area contributed by atoms with Gasteiger partial charge in [0, 0.05) is 12.3 Å². The van der Waals surface area contributed by atoms with Crippen molar-refractivity contribution in [3.8, 4) is 0 Å². The molecule has 0 aromatic rings. The monoisotopic (exact) mass is 125 g/mol. The molecule has 0 atom stereocenters. The third kappa shape index (κ3) is 3.28. The molecular weight excluding hydrogens is 110 g/mol. The van der Waals surface area contributed by atoms with Crippen LogP contribution in [0.25, 0.3) is 0 Å². The Hall–Kier alpha value is -0.330. The van der Waals surface area contributed by atoms with E-state index >= 15 is 0 Å². The summed E-state index contributed by atoms with van der Waals surface area (Å²) in [4.78, 5) is 4.38. The average Bonchev–Trinajstić information content (AvgIpc) is 2.38. The van der Waals surface area contributed by atoms with Gasteiger partial charge >= 0.3 is 0 Å². The highest BCUT2D eigenvalue weighted by molar-refractivity contribution is 5.64. The summed E-state index contributed by atoms with van der Waals surface area (Å²) in [6, 6.07) is 0.684. The molecular formula is C8H15N. The maximum Gasteiger partial charge on any atom is 0.0497 e. The Morgan fingerprint density at radius 2 is 1.89 bits per heavy atom. The summed E-state index contributed by atoms with van der Waals surface area (Å²) in [6.07, 6.45) is 4.70. The first-order chi connectivity index (χ1) is 4.08. The number of rotatable bonds is 1. The summed E-state index contributed by atoms with van der Waals surface area (Å²) in [5.74, 6) is 0. The van der Waals surface area contributed by atoms with Gasteiger partial charge in [-0.2, -0.15) is 0 Å². The van der Waals surface area contributed by atoms with Crippen LogP contribution >= 0.6 is 0 Å². The molecule has 0 aromatic carbocycles. The predicted octanol–water partition coefficient (Wildman–Crippen LogP) is 2.27. The molecule has 0 radical (unpaired) electrons. The molecule has 9 heavy (non-hydrogen) atoms. The van der Waals surface area contributed by atoms with Gasteiger partial charge in [-0.25, -0.2) is 0 Å². The average molecular weight is 125 g/mol. The van der Waals surface area contributed by atoms with Crippen LogP contribution in [0.4, 0.5) is 0 Å². The zero-order chi connectivity index (χ0) is 6.91. The van der Waals surface area contributed by atoms with E-state index in [4.69, 9.17) is 0 Å². The molecule has 0 bridgehead atoms. The lowest BCUT2D eigenvalue weighted by atomic mass is 9.99. The molecule has 52 valence electrons. The standard InChI is InChI=1S/C8H15N/c1-8(2,3)6-9-7-4-5-7/h6-7H,4-5H2,1-3H3/b9-6+. The van der Waals surface area contributed by atoms with E-state index in [0.29, 0.717) is 6.04 Å². The van der Waals surface area contributed by atoms with E-state index in [1.54, 1.807) is 0 Å². The lowest BCUT2D eigenvalue weighted by Crippen LogP contribution is -2.06. The van der Waals surface area contributed by atoms with Crippen LogP contribution < -0.4 is 0 Å². The normalized spacial score (nSPS) is 21.2. The fourth-order valence-corrected chi connectivity index (χ4v) is 0.553. The van der Waals surface area contributed by atoms with Gasteiger partial charge in [0.1, 0.15) is 0 Å². The van der Waals surface area contributed by atoms with Crippen molar-refractivity contribution in [3.63, 3.8) is 0 Å². The summed E-state index contributed by atoms with van der Waals surface area (Å²) >= 11 is 0. The molecule has 0 spiro atoms. The van der Waals surface area contributed by atoms with Crippen molar-refractivity contribution in [1.82, 2.24) is 0 Å². The summed E-state index contributed by atoms with van der Waals surface area (Å²) in [7, 11) is 0. The van der Waals surface area contributed by atoms with Gasteiger partial charge in [-0.1, -0.05) is 20.8 Å². The van der Waals surface area contributed by atoms with Crippen molar-refractivity contribution in [1.29, 1.82) is 0 Å². The molecule has 0 aromatic heterocycles. The zero-order valence-electron chi connectivity index (χ0n) is 6.52. The highest BCUT2D eigenvalue weighted by Gasteiger charge is 2.19. The van der Waals surface area contributed by atoms with Gasteiger partial charge in [-0.3, -0.25) is 4.99 Å². The first kappa shape index (κ1) is 6.79. The molecule has 0 aliphatic heterocycles. The lowest BCUT2D eigenvalue weighted by Gasteiger charge is -2.09. The first-order valence-electron chi connectivity index (χ1n) is 3.62. The highest BCUT2D eigenvalue weighted by Crippen LogP contribution is 2.24. The third-order valence-corrected chi connectivity index (χ3v) is 1.22. The maximum absolute atomic E-state index is 4.38. The summed E-state index contributed by atoms with van der Waals surface area (Å²) in [5.41, 5.74) is 0.280. The lowest BCUT2D eigenvalue weighted by molar-refractivity contribution is 0.604. The predicted molar refractivity (Wildman–Crippen MR) is 41.0 cm³/mol. The van der Waals surface area contributed by atoms with Crippen molar-refractivity contribution in [3.05, 3.63) is 0 Å². The van der Waals surface area contributed by atoms with Crippen molar-refractivity contribution in [2.45, 2.75) is 39.7 Å². The van der Waals surface area contributed by atoms with Crippen LogP contribution in [0.3, 0.4) is 0 Å². The topological polar surface area (TPSA) is 12.4 Å². The Labute approximate surface area is 57.2 Å². The van der Waals surface area contributed by atoms with Gasteiger partial charge in [0.15, 0.2) is 0 Å². The van der Waals surface area contributed by atoms with E-state index < -0.39 is 0 Å². The fourth-order valence-electron chi connectivity index (χ4n) is 0.553. The van der Waals surface area contributed by atoms with Crippen LogP contribution in [-0.4, -0.2) is 12.3 Å². The number of hydrogen-bond donors (Lipinski definition) is 0. The van der Waals surface area contributed by atoms with E-state index in [9.17, 15) is 0 Å². The Morgan fingerprint density at radius 3 is 2.22 bits per heavy atom. The molecule has 1 aliphatic carbocycles. The molecule has 0 saturated heterocycles. The van der Waals surface area contributed by atoms with E-state index in [1.165, 1.54) is 12.8 Å². The Morgan fingerprint density at radius 1 is 1.33 bits per heavy atom. The van der Waals surface area contributed by atoms with Gasteiger partial charge in [-0.15, -0.1) is 0 Å².